The molecule has 2 rings (SSSR count). The third-order valence-electron chi connectivity index (χ3n) is 1.49. The monoisotopic (exact) mass is 394 g/mol. The van der Waals surface area contributed by atoms with Crippen LogP contribution in [0.25, 0.3) is 0 Å². The van der Waals surface area contributed by atoms with E-state index in [1.54, 1.807) is 0 Å². The van der Waals surface area contributed by atoms with Crippen molar-refractivity contribution in [3.05, 3.63) is 60.7 Å². The van der Waals surface area contributed by atoms with E-state index < -0.39 is 26.2 Å². The zero-order valence-corrected chi connectivity index (χ0v) is 15.6. The Labute approximate surface area is 114 Å². The normalized spacial score (nSPS) is 8.00. The van der Waals surface area contributed by atoms with Crippen LogP contribution in [0.2, 0.25) is 11.5 Å². The molecule has 0 N–H and O–H groups in total. The van der Waals surface area contributed by atoms with Crippen LogP contribution in [0.5, 0.6) is 0 Å². The molecular weight excluding hydrogens is 379 g/mol. The maximum atomic E-state index is 5.65. The van der Waals surface area contributed by atoms with Crippen LogP contribution in [0.3, 0.4) is 0 Å². The molecule has 0 saturated heterocycles. The first kappa shape index (κ1) is 16.7. The Morgan fingerprint density at radius 3 is 1.12 bits per heavy atom. The molecule has 0 saturated carbocycles. The van der Waals surface area contributed by atoms with Crippen molar-refractivity contribution in [1.29, 1.82) is 0 Å². The van der Waals surface area contributed by atoms with Gasteiger partial charge < -0.3 is 0 Å². The van der Waals surface area contributed by atoms with E-state index in [0.717, 1.165) is 0 Å². The predicted molar refractivity (Wildman–Crippen MR) is 73.3 cm³/mol. The number of halogens is 2. The second-order valence-corrected chi connectivity index (χ2v) is 41.1. The minimum absolute atomic E-state index is 0.735. The van der Waals surface area contributed by atoms with Crippen LogP contribution in [0.4, 0.5) is 0 Å². The summed E-state index contributed by atoms with van der Waals surface area (Å²) in [6, 6.07) is 20.0. The van der Waals surface area contributed by atoms with Crippen molar-refractivity contribution in [2.75, 3.05) is 0 Å². The molecule has 0 radical (unpaired) electrons. The molecule has 0 aliphatic carbocycles. The fourth-order valence-corrected chi connectivity index (χ4v) is 0.642. The average Bonchev–Trinajstić information content (AvgIpc) is 2.97. The quantitative estimate of drug-likeness (QED) is 0.437. The molecule has 0 atom stereocenters. The van der Waals surface area contributed by atoms with Gasteiger partial charge in [0.2, 0.25) is 0 Å². The van der Waals surface area contributed by atoms with Gasteiger partial charge >= 0.3 is 54.8 Å². The van der Waals surface area contributed by atoms with Crippen molar-refractivity contribution in [2.24, 2.45) is 0 Å². The molecule has 0 spiro atoms. The SMILES string of the molecule is [CH3][Ge]([CH3])=[Zr]([Cl])[Cl].c1cc[cH-]c1.c1cc[cH-]c1. The molecule has 0 aliphatic rings. The minimum atomic E-state index is -1.59. The molecule has 0 aromatic heterocycles. The Morgan fingerprint density at radius 2 is 1.06 bits per heavy atom. The van der Waals surface area contributed by atoms with Crippen LogP contribution in [0.15, 0.2) is 60.7 Å². The summed E-state index contributed by atoms with van der Waals surface area (Å²) in [5.74, 6) is 4.46. The fraction of sp³-hybridized carbons (Fsp3) is 0.167. The molecule has 0 aliphatic heterocycles. The van der Waals surface area contributed by atoms with Gasteiger partial charge in [0.25, 0.3) is 0 Å². The molecule has 0 amide bonds. The second-order valence-electron chi connectivity index (χ2n) is 3.18. The molecule has 88 valence electrons. The standard InChI is InChI=1S/2C5H5.C2H6Ge.2ClH.Zr/c2*1-2-4-5-3-1;1-3-2;;;/h2*1-5H;1-2H3;2*1H;/q2*-1;;;;+2/p-2. The third kappa shape index (κ3) is 12.8. The van der Waals surface area contributed by atoms with Gasteiger partial charge in [0.1, 0.15) is 0 Å². The summed E-state index contributed by atoms with van der Waals surface area (Å²) in [5.41, 5.74) is 0. The van der Waals surface area contributed by atoms with Gasteiger partial charge in [0, 0.05) is 0 Å². The van der Waals surface area contributed by atoms with Crippen molar-refractivity contribution >= 4 is 27.0 Å². The van der Waals surface area contributed by atoms with Crippen molar-refractivity contribution in [3.8, 4) is 0 Å². The number of hydrogen-bond donors (Lipinski definition) is 0. The molecule has 2 aromatic rings. The Bertz CT molecular complexity index is 274. The van der Waals surface area contributed by atoms with Gasteiger partial charge in [0.05, 0.1) is 0 Å². The van der Waals surface area contributed by atoms with E-state index in [0.29, 0.717) is 0 Å². The molecule has 0 fully saturated rings. The molecule has 16 heavy (non-hydrogen) atoms. The second kappa shape index (κ2) is 12.2. The number of hydrogen-bond acceptors (Lipinski definition) is 0. The summed E-state index contributed by atoms with van der Waals surface area (Å²) in [4.78, 5) is 0. The molecular formula is C12H16Cl2GeZr-2. The van der Waals surface area contributed by atoms with Crippen molar-refractivity contribution in [1.82, 2.24) is 0 Å². The summed E-state index contributed by atoms with van der Waals surface area (Å²) in [6.07, 6.45) is 0. The first-order valence-corrected chi connectivity index (χ1v) is 22.9. The van der Waals surface area contributed by atoms with Crippen LogP contribution in [-0.2, 0) is 16.2 Å². The van der Waals surface area contributed by atoms with E-state index in [1.165, 1.54) is 0 Å². The molecule has 4 heteroatoms. The summed E-state index contributed by atoms with van der Waals surface area (Å²) in [7, 11) is 10.6. The Balaban J connectivity index is 0.000000211. The maximum absolute atomic E-state index is 5.65. The molecule has 0 unspecified atom stereocenters. The predicted octanol–water partition coefficient (Wildman–Crippen LogP) is 4.97. The van der Waals surface area contributed by atoms with E-state index in [1.807, 2.05) is 60.7 Å². The van der Waals surface area contributed by atoms with E-state index >= 15 is 0 Å². The fourth-order valence-electron chi connectivity index (χ4n) is 0.642. The summed E-state index contributed by atoms with van der Waals surface area (Å²) < 4.78 is 0. The minimum Gasteiger partial charge on any atom is -0.214 e. The van der Waals surface area contributed by atoms with Gasteiger partial charge in [-0.15, -0.1) is 0 Å². The van der Waals surface area contributed by atoms with Crippen LogP contribution < -0.4 is 0 Å². The smallest absolute Gasteiger partial charge is 0.172 e. The van der Waals surface area contributed by atoms with Crippen LogP contribution >= 0.6 is 17.0 Å². The zero-order chi connectivity index (χ0) is 12.2. The van der Waals surface area contributed by atoms with Crippen LogP contribution in [-0.4, -0.2) is 9.98 Å². The maximum Gasteiger partial charge on any atom is -0.172 e. The van der Waals surface area contributed by atoms with E-state index in [4.69, 9.17) is 17.0 Å². The van der Waals surface area contributed by atoms with Gasteiger partial charge in [-0.1, -0.05) is 0 Å². The van der Waals surface area contributed by atoms with Gasteiger partial charge in [-0.2, -0.15) is 36.4 Å². The molecule has 2 aromatic carbocycles. The van der Waals surface area contributed by atoms with E-state index in [9.17, 15) is 0 Å². The van der Waals surface area contributed by atoms with Gasteiger partial charge in [-0.05, 0) is 0 Å². The van der Waals surface area contributed by atoms with Crippen LogP contribution in [0.1, 0.15) is 0 Å². The van der Waals surface area contributed by atoms with Crippen molar-refractivity contribution in [2.45, 2.75) is 11.5 Å². The van der Waals surface area contributed by atoms with Gasteiger partial charge in [-0.25, -0.2) is 24.3 Å². The van der Waals surface area contributed by atoms with E-state index in [2.05, 4.69) is 11.5 Å². The zero-order valence-electron chi connectivity index (χ0n) is 9.53. The summed E-state index contributed by atoms with van der Waals surface area (Å²) in [6.45, 7) is 0. The Kier molecular flexibility index (Phi) is 12.7. The molecule has 0 bridgehead atoms. The third-order valence-corrected chi connectivity index (χ3v) is 36.0. The number of rotatable bonds is 0. The van der Waals surface area contributed by atoms with Crippen molar-refractivity contribution < 1.29 is 16.2 Å². The molecule has 0 heterocycles. The first-order valence-electron chi connectivity index (χ1n) is 4.96. The van der Waals surface area contributed by atoms with Gasteiger partial charge in [0.15, 0.2) is 0 Å². The van der Waals surface area contributed by atoms with Gasteiger partial charge in [-0.3, -0.25) is 0 Å². The van der Waals surface area contributed by atoms with Crippen LogP contribution in [0, 0.1) is 0 Å². The topological polar surface area (TPSA) is 0 Å². The first-order chi connectivity index (χ1) is 7.64. The Morgan fingerprint density at radius 1 is 0.812 bits per heavy atom. The average molecular weight is 395 g/mol. The molecule has 0 nitrogen and oxygen atoms in total. The largest absolute Gasteiger partial charge is 0.214 e. The summed E-state index contributed by atoms with van der Waals surface area (Å²) >= 11 is -1.59. The van der Waals surface area contributed by atoms with Crippen molar-refractivity contribution in [3.63, 3.8) is 0 Å². The summed E-state index contributed by atoms with van der Waals surface area (Å²) in [5, 5.41) is 0. The Hall–Kier alpha value is 0.706. The van der Waals surface area contributed by atoms with E-state index in [-0.39, 0.29) is 0 Å².